The average molecular weight is 374 g/mol. The quantitative estimate of drug-likeness (QED) is 0.542. The standard InChI is InChI=1S/C21H35N5O/c1-4-23-21(26-13-8-10-18(16-26)15-20(22)27)24-12-14-25(5-2)19-11-7-6-9-17(19)3/h6-7,9,11,18H,4-5,8,10,12-16H2,1-3H3,(H2,22,27)(H,23,24). The van der Waals surface area contributed by atoms with E-state index in [0.717, 1.165) is 58.1 Å². The van der Waals surface area contributed by atoms with Crippen LogP contribution in [0, 0.1) is 12.8 Å². The fraction of sp³-hybridized carbons (Fsp3) is 0.619. The fourth-order valence-corrected chi connectivity index (χ4v) is 3.78. The van der Waals surface area contributed by atoms with E-state index < -0.39 is 0 Å². The first-order chi connectivity index (χ1) is 13.0. The highest BCUT2D eigenvalue weighted by Crippen LogP contribution is 2.20. The van der Waals surface area contributed by atoms with Gasteiger partial charge in [0.2, 0.25) is 5.91 Å². The molecular weight excluding hydrogens is 338 g/mol. The molecule has 27 heavy (non-hydrogen) atoms. The zero-order valence-electron chi connectivity index (χ0n) is 17.1. The van der Waals surface area contributed by atoms with E-state index in [1.54, 1.807) is 0 Å². The summed E-state index contributed by atoms with van der Waals surface area (Å²) in [5.74, 6) is 1.08. The van der Waals surface area contributed by atoms with Crippen LogP contribution in [0.1, 0.15) is 38.7 Å². The number of carbonyl (C=O) groups excluding carboxylic acids is 1. The molecule has 0 radical (unpaired) electrons. The molecule has 1 aromatic carbocycles. The molecule has 1 amide bonds. The van der Waals surface area contributed by atoms with Crippen molar-refractivity contribution in [3.8, 4) is 0 Å². The Bertz CT molecular complexity index is 631. The Labute approximate surface area is 163 Å². The maximum Gasteiger partial charge on any atom is 0.217 e. The average Bonchev–Trinajstić information content (AvgIpc) is 2.65. The van der Waals surface area contributed by atoms with Gasteiger partial charge in [0, 0.05) is 44.8 Å². The molecule has 0 aromatic heterocycles. The molecule has 1 heterocycles. The van der Waals surface area contributed by atoms with Gasteiger partial charge >= 0.3 is 0 Å². The maximum absolute atomic E-state index is 11.3. The monoisotopic (exact) mass is 373 g/mol. The second kappa shape index (κ2) is 10.8. The molecule has 150 valence electrons. The maximum atomic E-state index is 11.3. The Morgan fingerprint density at radius 1 is 1.37 bits per heavy atom. The second-order valence-electron chi connectivity index (χ2n) is 7.23. The fourth-order valence-electron chi connectivity index (χ4n) is 3.78. The van der Waals surface area contributed by atoms with E-state index in [1.165, 1.54) is 11.3 Å². The predicted molar refractivity (Wildman–Crippen MR) is 113 cm³/mol. The molecule has 2 rings (SSSR count). The van der Waals surface area contributed by atoms with E-state index in [-0.39, 0.29) is 5.91 Å². The molecule has 0 saturated carbocycles. The lowest BCUT2D eigenvalue weighted by Crippen LogP contribution is -2.47. The minimum Gasteiger partial charge on any atom is -0.370 e. The van der Waals surface area contributed by atoms with Gasteiger partial charge in [-0.05, 0) is 51.2 Å². The summed E-state index contributed by atoms with van der Waals surface area (Å²) < 4.78 is 0. The lowest BCUT2D eigenvalue weighted by molar-refractivity contribution is -0.119. The number of amides is 1. The van der Waals surface area contributed by atoms with Crippen molar-refractivity contribution in [2.24, 2.45) is 16.6 Å². The number of aryl methyl sites for hydroxylation is 1. The third-order valence-electron chi connectivity index (χ3n) is 5.11. The van der Waals surface area contributed by atoms with Crippen molar-refractivity contribution < 1.29 is 4.79 Å². The topological polar surface area (TPSA) is 74.0 Å². The lowest BCUT2D eigenvalue weighted by atomic mass is 9.95. The van der Waals surface area contributed by atoms with Gasteiger partial charge in [-0.3, -0.25) is 9.79 Å². The molecule has 6 nitrogen and oxygen atoms in total. The summed E-state index contributed by atoms with van der Waals surface area (Å²) in [6.07, 6.45) is 2.61. The van der Waals surface area contributed by atoms with E-state index in [4.69, 9.17) is 10.7 Å². The van der Waals surface area contributed by atoms with Crippen molar-refractivity contribution in [2.75, 3.05) is 44.2 Å². The third kappa shape index (κ3) is 6.45. The van der Waals surface area contributed by atoms with Crippen LogP contribution in [0.5, 0.6) is 0 Å². The van der Waals surface area contributed by atoms with Crippen LogP contribution < -0.4 is 16.0 Å². The van der Waals surface area contributed by atoms with E-state index in [9.17, 15) is 4.79 Å². The van der Waals surface area contributed by atoms with Gasteiger partial charge in [0.1, 0.15) is 0 Å². The molecule has 0 aliphatic carbocycles. The zero-order valence-corrected chi connectivity index (χ0v) is 17.1. The van der Waals surface area contributed by atoms with E-state index in [1.807, 2.05) is 0 Å². The predicted octanol–water partition coefficient (Wildman–Crippen LogP) is 2.37. The van der Waals surface area contributed by atoms with Gasteiger partial charge in [0.05, 0.1) is 6.54 Å². The Morgan fingerprint density at radius 3 is 2.81 bits per heavy atom. The minimum absolute atomic E-state index is 0.208. The highest BCUT2D eigenvalue weighted by molar-refractivity contribution is 5.80. The van der Waals surface area contributed by atoms with Crippen LogP contribution in [0.2, 0.25) is 0 Å². The molecule has 1 aliphatic rings. The number of para-hydroxylation sites is 1. The summed E-state index contributed by atoms with van der Waals surface area (Å²) >= 11 is 0. The number of nitrogens with zero attached hydrogens (tertiary/aromatic N) is 3. The van der Waals surface area contributed by atoms with Crippen molar-refractivity contribution >= 4 is 17.6 Å². The smallest absolute Gasteiger partial charge is 0.217 e. The third-order valence-corrected chi connectivity index (χ3v) is 5.11. The number of likely N-dealkylation sites (N-methyl/N-ethyl adjacent to an activating group) is 1. The zero-order chi connectivity index (χ0) is 19.6. The first-order valence-electron chi connectivity index (χ1n) is 10.2. The van der Waals surface area contributed by atoms with Crippen LogP contribution in [-0.2, 0) is 4.79 Å². The van der Waals surface area contributed by atoms with Crippen LogP contribution >= 0.6 is 0 Å². The van der Waals surface area contributed by atoms with Gasteiger partial charge in [-0.2, -0.15) is 0 Å². The molecule has 0 spiro atoms. The van der Waals surface area contributed by atoms with Gasteiger partial charge in [0.25, 0.3) is 0 Å². The number of aliphatic imine (C=N–C) groups is 1. The summed E-state index contributed by atoms with van der Waals surface area (Å²) in [6, 6.07) is 8.49. The second-order valence-corrected chi connectivity index (χ2v) is 7.23. The van der Waals surface area contributed by atoms with Gasteiger partial charge in [0.15, 0.2) is 5.96 Å². The van der Waals surface area contributed by atoms with Crippen LogP contribution in [0.25, 0.3) is 0 Å². The molecule has 3 N–H and O–H groups in total. The Hall–Kier alpha value is -2.24. The molecule has 6 heteroatoms. The van der Waals surface area contributed by atoms with Gasteiger partial charge in [-0.25, -0.2) is 0 Å². The summed E-state index contributed by atoms with van der Waals surface area (Å²) in [4.78, 5) is 20.8. The number of carbonyl (C=O) groups is 1. The van der Waals surface area contributed by atoms with Crippen LogP contribution in [0.15, 0.2) is 29.3 Å². The molecule has 1 unspecified atom stereocenters. The van der Waals surface area contributed by atoms with E-state index >= 15 is 0 Å². The van der Waals surface area contributed by atoms with Crippen molar-refractivity contribution in [3.63, 3.8) is 0 Å². The van der Waals surface area contributed by atoms with Gasteiger partial charge in [-0.15, -0.1) is 0 Å². The number of nitrogens with two attached hydrogens (primary N) is 1. The first-order valence-corrected chi connectivity index (χ1v) is 10.2. The van der Waals surface area contributed by atoms with Crippen molar-refractivity contribution in [1.29, 1.82) is 0 Å². The molecule has 0 bridgehead atoms. The highest BCUT2D eigenvalue weighted by atomic mass is 16.1. The summed E-state index contributed by atoms with van der Waals surface area (Å²) in [5.41, 5.74) is 7.96. The molecule has 1 aliphatic heterocycles. The van der Waals surface area contributed by atoms with Crippen molar-refractivity contribution in [1.82, 2.24) is 10.2 Å². The molecule has 1 atom stereocenters. The molecule has 1 aromatic rings. The molecule has 1 fully saturated rings. The van der Waals surface area contributed by atoms with Crippen molar-refractivity contribution in [3.05, 3.63) is 29.8 Å². The van der Waals surface area contributed by atoms with Crippen LogP contribution in [0.4, 0.5) is 5.69 Å². The van der Waals surface area contributed by atoms with E-state index in [2.05, 4.69) is 60.2 Å². The number of rotatable bonds is 8. The summed E-state index contributed by atoms with van der Waals surface area (Å²) in [5, 5.41) is 3.41. The Morgan fingerprint density at radius 2 is 2.15 bits per heavy atom. The van der Waals surface area contributed by atoms with Gasteiger partial charge in [-0.1, -0.05) is 18.2 Å². The number of piperidine rings is 1. The van der Waals surface area contributed by atoms with Crippen LogP contribution in [0.3, 0.4) is 0 Å². The minimum atomic E-state index is -0.208. The normalized spacial score (nSPS) is 17.7. The number of hydrogen-bond donors (Lipinski definition) is 2. The lowest BCUT2D eigenvalue weighted by Gasteiger charge is -2.35. The number of primary amides is 1. The molecular formula is C21H35N5O. The number of hydrogen-bond acceptors (Lipinski definition) is 3. The van der Waals surface area contributed by atoms with E-state index in [0.29, 0.717) is 12.3 Å². The summed E-state index contributed by atoms with van der Waals surface area (Å²) in [7, 11) is 0. The Kier molecular flexibility index (Phi) is 8.43. The summed E-state index contributed by atoms with van der Waals surface area (Å²) in [6.45, 7) is 11.7. The number of nitrogens with one attached hydrogen (secondary N) is 1. The first kappa shape index (κ1) is 21.1. The number of anilines is 1. The van der Waals surface area contributed by atoms with Crippen molar-refractivity contribution in [2.45, 2.75) is 40.0 Å². The number of benzene rings is 1. The molecule has 1 saturated heterocycles. The largest absolute Gasteiger partial charge is 0.370 e. The number of guanidine groups is 1. The highest BCUT2D eigenvalue weighted by Gasteiger charge is 2.23. The Balaban J connectivity index is 1.99. The van der Waals surface area contributed by atoms with Gasteiger partial charge < -0.3 is 20.9 Å². The SMILES string of the molecule is CCNC(=NCCN(CC)c1ccccc1C)N1CCCC(CC(N)=O)C1. The number of likely N-dealkylation sites (tertiary alicyclic amines) is 1. The van der Waals surface area contributed by atoms with Crippen LogP contribution in [-0.4, -0.2) is 56.0 Å².